The number of benzene rings is 1. The van der Waals surface area contributed by atoms with E-state index in [4.69, 9.17) is 11.6 Å². The predicted molar refractivity (Wildman–Crippen MR) is 71.4 cm³/mol. The number of carbonyl (C=O) groups is 3. The van der Waals surface area contributed by atoms with E-state index >= 15 is 0 Å². The quantitative estimate of drug-likeness (QED) is 0.785. The summed E-state index contributed by atoms with van der Waals surface area (Å²) >= 11 is 5.93. The number of hydrogen-bond donors (Lipinski definition) is 0. The van der Waals surface area contributed by atoms with Gasteiger partial charge in [0.05, 0.1) is 16.3 Å². The minimum absolute atomic E-state index is 0.151. The first-order valence-corrected chi connectivity index (χ1v) is 6.23. The van der Waals surface area contributed by atoms with Gasteiger partial charge in [-0.05, 0) is 19.1 Å². The first-order valence-electron chi connectivity index (χ1n) is 5.86. The molecule has 2 rings (SSSR count). The third-order valence-corrected chi connectivity index (χ3v) is 3.46. The standard InChI is InChI=1S/C13H13ClN2O3/c1-3-15(2)10(17)7-16-9-6-4-5-8(14)11(9)12(18)13(16)19/h4-6H,3,7H2,1-2H3. The summed E-state index contributed by atoms with van der Waals surface area (Å²) in [5, 5.41) is 0.231. The number of likely N-dealkylation sites (N-methyl/N-ethyl adjacent to an activating group) is 1. The van der Waals surface area contributed by atoms with Crippen LogP contribution in [0.5, 0.6) is 0 Å². The summed E-state index contributed by atoms with van der Waals surface area (Å²) in [4.78, 5) is 38.3. The molecule has 0 unspecified atom stereocenters. The second-order valence-corrected chi connectivity index (χ2v) is 4.67. The summed E-state index contributed by atoms with van der Waals surface area (Å²) in [6.45, 7) is 2.22. The molecular weight excluding hydrogens is 268 g/mol. The lowest BCUT2D eigenvalue weighted by Gasteiger charge is -2.20. The molecule has 1 heterocycles. The Balaban J connectivity index is 2.34. The van der Waals surface area contributed by atoms with Crippen LogP contribution in [0.4, 0.5) is 5.69 Å². The van der Waals surface area contributed by atoms with Crippen LogP contribution in [-0.4, -0.2) is 42.6 Å². The number of anilines is 1. The number of halogens is 1. The zero-order chi connectivity index (χ0) is 14.2. The van der Waals surface area contributed by atoms with E-state index < -0.39 is 11.7 Å². The molecule has 0 atom stereocenters. The lowest BCUT2D eigenvalue weighted by Crippen LogP contribution is -2.40. The summed E-state index contributed by atoms with van der Waals surface area (Å²) in [5.74, 6) is -1.59. The molecule has 1 aromatic carbocycles. The lowest BCUT2D eigenvalue weighted by molar-refractivity contribution is -0.129. The minimum atomic E-state index is -0.707. The summed E-state index contributed by atoms with van der Waals surface area (Å²) in [6, 6.07) is 4.81. The van der Waals surface area contributed by atoms with Gasteiger partial charge in [0.15, 0.2) is 0 Å². The molecule has 0 spiro atoms. The Morgan fingerprint density at radius 2 is 2.05 bits per heavy atom. The van der Waals surface area contributed by atoms with Crippen LogP contribution in [-0.2, 0) is 9.59 Å². The number of hydrogen-bond acceptors (Lipinski definition) is 3. The van der Waals surface area contributed by atoms with E-state index in [-0.39, 0.29) is 23.0 Å². The number of amides is 2. The van der Waals surface area contributed by atoms with Crippen molar-refractivity contribution in [2.24, 2.45) is 0 Å². The summed E-state index contributed by atoms with van der Waals surface area (Å²) < 4.78 is 0. The lowest BCUT2D eigenvalue weighted by atomic mass is 10.1. The van der Waals surface area contributed by atoms with Crippen molar-refractivity contribution in [3.8, 4) is 0 Å². The molecule has 0 fully saturated rings. The molecule has 0 aromatic heterocycles. The average Bonchev–Trinajstić information content (AvgIpc) is 2.64. The van der Waals surface area contributed by atoms with Gasteiger partial charge < -0.3 is 4.90 Å². The van der Waals surface area contributed by atoms with Crippen molar-refractivity contribution >= 4 is 34.9 Å². The van der Waals surface area contributed by atoms with Crippen molar-refractivity contribution < 1.29 is 14.4 Å². The molecule has 0 saturated carbocycles. The van der Waals surface area contributed by atoms with Crippen LogP contribution in [0.1, 0.15) is 17.3 Å². The van der Waals surface area contributed by atoms with Gasteiger partial charge in [0.1, 0.15) is 6.54 Å². The second-order valence-electron chi connectivity index (χ2n) is 4.26. The maximum absolute atomic E-state index is 11.9. The van der Waals surface area contributed by atoms with Crippen LogP contribution >= 0.6 is 11.6 Å². The Bertz CT molecular complexity index is 571. The van der Waals surface area contributed by atoms with Gasteiger partial charge in [0.2, 0.25) is 5.91 Å². The molecule has 0 radical (unpaired) electrons. The zero-order valence-electron chi connectivity index (χ0n) is 10.6. The second kappa shape index (κ2) is 5.01. The molecule has 0 bridgehead atoms. The van der Waals surface area contributed by atoms with Crippen molar-refractivity contribution in [3.05, 3.63) is 28.8 Å². The van der Waals surface area contributed by atoms with Gasteiger partial charge in [0, 0.05) is 13.6 Å². The van der Waals surface area contributed by atoms with Gasteiger partial charge in [-0.15, -0.1) is 0 Å². The normalized spacial score (nSPS) is 13.7. The number of Topliss-reactive ketones (excluding diaryl/α,β-unsaturated/α-hetero) is 1. The fourth-order valence-electron chi connectivity index (χ4n) is 1.89. The highest BCUT2D eigenvalue weighted by atomic mass is 35.5. The van der Waals surface area contributed by atoms with Crippen LogP contribution in [0, 0.1) is 0 Å². The topological polar surface area (TPSA) is 57.7 Å². The van der Waals surface area contributed by atoms with E-state index in [0.29, 0.717) is 12.2 Å². The number of rotatable bonds is 3. The molecule has 2 amide bonds. The molecule has 1 aliphatic rings. The Hall–Kier alpha value is -1.88. The van der Waals surface area contributed by atoms with Gasteiger partial charge in [-0.25, -0.2) is 0 Å². The third kappa shape index (κ3) is 2.21. The van der Waals surface area contributed by atoms with Crippen LogP contribution < -0.4 is 4.90 Å². The minimum Gasteiger partial charge on any atom is -0.344 e. The summed E-state index contributed by atoms with van der Waals surface area (Å²) in [5.41, 5.74) is 0.585. The van der Waals surface area contributed by atoms with E-state index in [1.807, 2.05) is 6.92 Å². The third-order valence-electron chi connectivity index (χ3n) is 3.14. The van der Waals surface area contributed by atoms with E-state index in [9.17, 15) is 14.4 Å². The molecule has 0 N–H and O–H groups in total. The SMILES string of the molecule is CCN(C)C(=O)CN1C(=O)C(=O)c2c(Cl)cccc21. The molecule has 1 aliphatic heterocycles. The van der Waals surface area contributed by atoms with Crippen molar-refractivity contribution in [1.29, 1.82) is 0 Å². The van der Waals surface area contributed by atoms with Crippen molar-refractivity contribution in [3.63, 3.8) is 0 Å². The van der Waals surface area contributed by atoms with Crippen molar-refractivity contribution in [2.75, 3.05) is 25.0 Å². The first-order chi connectivity index (χ1) is 8.97. The average molecular weight is 281 g/mol. The fraction of sp³-hybridized carbons (Fsp3) is 0.308. The zero-order valence-corrected chi connectivity index (χ0v) is 11.4. The maximum Gasteiger partial charge on any atom is 0.300 e. The highest BCUT2D eigenvalue weighted by molar-refractivity contribution is 6.55. The number of carbonyl (C=O) groups excluding carboxylic acids is 3. The molecular formula is C13H13ClN2O3. The van der Waals surface area contributed by atoms with Gasteiger partial charge in [-0.3, -0.25) is 19.3 Å². The fourth-order valence-corrected chi connectivity index (χ4v) is 2.15. The molecule has 0 aliphatic carbocycles. The number of ketones is 1. The molecule has 100 valence electrons. The van der Waals surface area contributed by atoms with Crippen molar-refractivity contribution in [2.45, 2.75) is 6.92 Å². The molecule has 1 aromatic rings. The van der Waals surface area contributed by atoms with Crippen LogP contribution in [0.2, 0.25) is 5.02 Å². The summed E-state index contributed by atoms with van der Waals surface area (Å²) in [7, 11) is 1.64. The monoisotopic (exact) mass is 280 g/mol. The molecule has 5 nitrogen and oxygen atoms in total. The number of fused-ring (bicyclic) bond motifs is 1. The summed E-state index contributed by atoms with van der Waals surface area (Å²) in [6.07, 6.45) is 0. The van der Waals surface area contributed by atoms with E-state index in [1.165, 1.54) is 9.80 Å². The molecule has 0 saturated heterocycles. The van der Waals surface area contributed by atoms with E-state index in [2.05, 4.69) is 0 Å². The Labute approximate surface area is 115 Å². The Morgan fingerprint density at radius 3 is 2.68 bits per heavy atom. The van der Waals surface area contributed by atoms with Gasteiger partial charge in [0.25, 0.3) is 11.7 Å². The maximum atomic E-state index is 11.9. The number of nitrogens with zero attached hydrogens (tertiary/aromatic N) is 2. The molecule has 19 heavy (non-hydrogen) atoms. The predicted octanol–water partition coefficient (Wildman–Crippen LogP) is 1.35. The van der Waals surface area contributed by atoms with Gasteiger partial charge in [-0.1, -0.05) is 17.7 Å². The van der Waals surface area contributed by atoms with Gasteiger partial charge >= 0.3 is 0 Å². The van der Waals surface area contributed by atoms with E-state index in [1.54, 1.807) is 25.2 Å². The smallest absolute Gasteiger partial charge is 0.300 e. The van der Waals surface area contributed by atoms with Crippen LogP contribution in [0.25, 0.3) is 0 Å². The van der Waals surface area contributed by atoms with Crippen molar-refractivity contribution in [1.82, 2.24) is 4.90 Å². The first kappa shape index (κ1) is 13.5. The highest BCUT2D eigenvalue weighted by Crippen LogP contribution is 2.33. The van der Waals surface area contributed by atoms with Crippen LogP contribution in [0.15, 0.2) is 18.2 Å². The van der Waals surface area contributed by atoms with Crippen LogP contribution in [0.3, 0.4) is 0 Å². The van der Waals surface area contributed by atoms with Gasteiger partial charge in [-0.2, -0.15) is 0 Å². The largest absolute Gasteiger partial charge is 0.344 e. The molecule has 6 heteroatoms. The Morgan fingerprint density at radius 1 is 1.37 bits per heavy atom. The highest BCUT2D eigenvalue weighted by Gasteiger charge is 2.38. The Kier molecular flexibility index (Phi) is 3.57. The van der Waals surface area contributed by atoms with E-state index in [0.717, 1.165) is 0 Å².